The molecule has 0 aromatic rings. The third-order valence-corrected chi connectivity index (χ3v) is 3.89. The summed E-state index contributed by atoms with van der Waals surface area (Å²) in [5.74, 6) is 0. The first-order valence-electron chi connectivity index (χ1n) is 3.47. The third-order valence-electron chi connectivity index (χ3n) is 1.37. The van der Waals surface area contributed by atoms with Crippen LogP contribution in [0, 0.1) is 0 Å². The molecule has 0 bridgehead atoms. The van der Waals surface area contributed by atoms with Crippen LogP contribution >= 0.6 is 0 Å². The molecule has 0 spiro atoms. The Hall–Kier alpha value is -0.0831. The highest BCUT2D eigenvalue weighted by molar-refractivity contribution is 6.64. The quantitative estimate of drug-likeness (QED) is 0.593. The summed E-state index contributed by atoms with van der Waals surface area (Å²) in [5.41, 5.74) is 2.19. The zero-order chi connectivity index (χ0) is 7.11. The van der Waals surface area contributed by atoms with Gasteiger partial charge in [0.05, 0.1) is 15.4 Å². The molecule has 0 saturated heterocycles. The van der Waals surface area contributed by atoms with E-state index in [-0.39, 0.29) is 15.4 Å². The van der Waals surface area contributed by atoms with Gasteiger partial charge < -0.3 is 5.11 Å². The lowest BCUT2D eigenvalue weighted by atomic mass is 10.7. The van der Waals surface area contributed by atoms with E-state index in [4.69, 9.17) is 5.11 Å². The fourth-order valence-corrected chi connectivity index (χ4v) is 2.12. The van der Waals surface area contributed by atoms with Crippen LogP contribution in [0.5, 0.6) is 0 Å². The molecule has 0 rings (SSSR count). The average molecular weight is 143 g/mol. The van der Waals surface area contributed by atoms with Crippen LogP contribution in [-0.2, 0) is 0 Å². The smallest absolute Gasteiger partial charge is 0.0749 e. The molecule has 2 heteroatoms. The van der Waals surface area contributed by atoms with E-state index in [2.05, 4.69) is 19.5 Å². The Bertz CT molecular complexity index is 77.0. The maximum Gasteiger partial charge on any atom is 0.0749 e. The minimum Gasteiger partial charge on any atom is -0.392 e. The van der Waals surface area contributed by atoms with Gasteiger partial charge in [-0.2, -0.15) is 0 Å². The van der Waals surface area contributed by atoms with E-state index >= 15 is 0 Å². The Balaban J connectivity index is 3.41. The molecule has 9 heavy (non-hydrogen) atoms. The Morgan fingerprint density at radius 1 is 1.33 bits per heavy atom. The summed E-state index contributed by atoms with van der Waals surface area (Å²) >= 11 is 0. The summed E-state index contributed by atoms with van der Waals surface area (Å²) in [4.78, 5) is 0. The van der Waals surface area contributed by atoms with Gasteiger partial charge in [-0.15, -0.1) is 0 Å². The molecule has 0 heterocycles. The van der Waals surface area contributed by atoms with Gasteiger partial charge in [-0.25, -0.2) is 0 Å². The SMILES string of the molecule is CC[Si](C=CCO)CC. The van der Waals surface area contributed by atoms with Gasteiger partial charge in [0.25, 0.3) is 0 Å². The molecule has 1 radical (unpaired) electrons. The molecular formula is C7H15OSi. The van der Waals surface area contributed by atoms with Gasteiger partial charge in [-0.3, -0.25) is 0 Å². The van der Waals surface area contributed by atoms with Crippen molar-refractivity contribution < 1.29 is 5.11 Å². The van der Waals surface area contributed by atoms with Crippen LogP contribution in [0.1, 0.15) is 13.8 Å². The Kier molecular flexibility index (Phi) is 5.99. The van der Waals surface area contributed by atoms with Gasteiger partial charge >= 0.3 is 0 Å². The standard InChI is InChI=1S/C7H15OSi/c1-3-9(4-2)7-5-6-8/h5,7-8H,3-4,6H2,1-2H3. The second kappa shape index (κ2) is 6.04. The number of hydrogen-bond donors (Lipinski definition) is 1. The second-order valence-electron chi connectivity index (χ2n) is 1.95. The molecule has 0 aliphatic carbocycles. The van der Waals surface area contributed by atoms with E-state index in [1.807, 2.05) is 6.08 Å². The molecule has 0 saturated carbocycles. The van der Waals surface area contributed by atoms with Crippen LogP contribution in [-0.4, -0.2) is 20.5 Å². The maximum absolute atomic E-state index is 8.44. The van der Waals surface area contributed by atoms with Crippen molar-refractivity contribution >= 4 is 8.80 Å². The lowest BCUT2D eigenvalue weighted by Crippen LogP contribution is -2.04. The Morgan fingerprint density at radius 2 is 1.89 bits per heavy atom. The molecule has 0 aromatic carbocycles. The lowest BCUT2D eigenvalue weighted by molar-refractivity contribution is 0.343. The molecule has 0 amide bonds. The zero-order valence-electron chi connectivity index (χ0n) is 6.22. The summed E-state index contributed by atoms with van der Waals surface area (Å²) in [6.45, 7) is 4.62. The molecule has 0 aliphatic rings. The maximum atomic E-state index is 8.44. The molecule has 0 atom stereocenters. The van der Waals surface area contributed by atoms with E-state index in [0.717, 1.165) is 0 Å². The lowest BCUT2D eigenvalue weighted by Gasteiger charge is -2.00. The fourth-order valence-electron chi connectivity index (χ4n) is 0.705. The Morgan fingerprint density at radius 3 is 2.22 bits per heavy atom. The monoisotopic (exact) mass is 143 g/mol. The number of hydrogen-bond acceptors (Lipinski definition) is 1. The predicted molar refractivity (Wildman–Crippen MR) is 42.9 cm³/mol. The van der Waals surface area contributed by atoms with Crippen molar-refractivity contribution in [2.24, 2.45) is 0 Å². The van der Waals surface area contributed by atoms with Gasteiger partial charge in [0, 0.05) is 0 Å². The first kappa shape index (κ1) is 8.92. The summed E-state index contributed by atoms with van der Waals surface area (Å²) in [7, 11) is -0.226. The molecule has 0 aromatic heterocycles. The van der Waals surface area contributed by atoms with E-state index in [9.17, 15) is 0 Å². The highest BCUT2D eigenvalue weighted by Gasteiger charge is 1.97. The summed E-state index contributed by atoms with van der Waals surface area (Å²) < 4.78 is 0. The topological polar surface area (TPSA) is 20.2 Å². The van der Waals surface area contributed by atoms with Crippen LogP contribution in [0.4, 0.5) is 0 Å². The van der Waals surface area contributed by atoms with Crippen molar-refractivity contribution in [1.29, 1.82) is 0 Å². The number of rotatable bonds is 4. The summed E-state index contributed by atoms with van der Waals surface area (Å²) in [6, 6.07) is 2.55. The molecular weight excluding hydrogens is 128 g/mol. The molecule has 0 fully saturated rings. The normalized spacial score (nSPS) is 11.6. The third kappa shape index (κ3) is 4.42. The van der Waals surface area contributed by atoms with Crippen LogP contribution in [0.2, 0.25) is 12.1 Å². The van der Waals surface area contributed by atoms with Crippen LogP contribution < -0.4 is 0 Å². The summed E-state index contributed by atoms with van der Waals surface area (Å²) in [5, 5.41) is 8.44. The van der Waals surface area contributed by atoms with Crippen molar-refractivity contribution in [3.05, 3.63) is 11.8 Å². The number of aliphatic hydroxyl groups is 1. The molecule has 1 N–H and O–H groups in total. The van der Waals surface area contributed by atoms with Crippen molar-refractivity contribution in [3.8, 4) is 0 Å². The minimum absolute atomic E-state index is 0.203. The first-order valence-corrected chi connectivity index (χ1v) is 5.46. The van der Waals surface area contributed by atoms with Crippen LogP contribution in [0.25, 0.3) is 0 Å². The van der Waals surface area contributed by atoms with Crippen molar-refractivity contribution in [3.63, 3.8) is 0 Å². The number of aliphatic hydroxyl groups excluding tert-OH is 1. The van der Waals surface area contributed by atoms with Crippen molar-refractivity contribution in [1.82, 2.24) is 0 Å². The molecule has 0 unspecified atom stereocenters. The van der Waals surface area contributed by atoms with Gasteiger partial charge in [-0.05, 0) is 0 Å². The zero-order valence-corrected chi connectivity index (χ0v) is 7.22. The highest BCUT2D eigenvalue weighted by atomic mass is 28.3. The minimum atomic E-state index is -0.226. The van der Waals surface area contributed by atoms with Crippen LogP contribution in [0.15, 0.2) is 11.8 Å². The van der Waals surface area contributed by atoms with E-state index < -0.39 is 0 Å². The van der Waals surface area contributed by atoms with Gasteiger partial charge in [-0.1, -0.05) is 37.7 Å². The fraction of sp³-hybridized carbons (Fsp3) is 0.714. The highest BCUT2D eigenvalue weighted by Crippen LogP contribution is 1.98. The van der Waals surface area contributed by atoms with E-state index in [1.54, 1.807) is 0 Å². The largest absolute Gasteiger partial charge is 0.392 e. The van der Waals surface area contributed by atoms with E-state index in [0.29, 0.717) is 0 Å². The predicted octanol–water partition coefficient (Wildman–Crippen LogP) is 1.61. The molecule has 53 valence electrons. The van der Waals surface area contributed by atoms with Gasteiger partial charge in [0.15, 0.2) is 0 Å². The van der Waals surface area contributed by atoms with Crippen LogP contribution in [0.3, 0.4) is 0 Å². The molecule has 1 nitrogen and oxygen atoms in total. The summed E-state index contributed by atoms with van der Waals surface area (Å²) in [6.07, 6.45) is 1.86. The Labute approximate surface area is 59.0 Å². The first-order chi connectivity index (χ1) is 4.35. The van der Waals surface area contributed by atoms with Gasteiger partial charge in [0.2, 0.25) is 0 Å². The van der Waals surface area contributed by atoms with Crippen molar-refractivity contribution in [2.75, 3.05) is 6.61 Å². The molecule has 0 aliphatic heterocycles. The second-order valence-corrected chi connectivity index (χ2v) is 5.01. The van der Waals surface area contributed by atoms with Crippen molar-refractivity contribution in [2.45, 2.75) is 25.9 Å². The van der Waals surface area contributed by atoms with E-state index in [1.165, 1.54) is 12.1 Å². The van der Waals surface area contributed by atoms with Gasteiger partial charge in [0.1, 0.15) is 0 Å². The average Bonchev–Trinajstić information content (AvgIpc) is 1.91.